The van der Waals surface area contributed by atoms with E-state index in [4.69, 9.17) is 16.2 Å². The topological polar surface area (TPSA) is 146 Å². The Morgan fingerprint density at radius 3 is 2.85 bits per heavy atom. The van der Waals surface area contributed by atoms with Crippen molar-refractivity contribution in [3.63, 3.8) is 0 Å². The lowest BCUT2D eigenvalue weighted by molar-refractivity contribution is 0.0996. The maximum absolute atomic E-state index is 12.2. The van der Waals surface area contributed by atoms with Crippen LogP contribution in [0.3, 0.4) is 0 Å². The number of carbonyl (C=O) groups is 1. The van der Waals surface area contributed by atoms with E-state index in [1.807, 2.05) is 36.6 Å². The molecule has 33 heavy (non-hydrogen) atoms. The van der Waals surface area contributed by atoms with Crippen LogP contribution < -0.4 is 16.2 Å². The van der Waals surface area contributed by atoms with Gasteiger partial charge < -0.3 is 16.2 Å². The summed E-state index contributed by atoms with van der Waals surface area (Å²) in [7, 11) is 0. The predicted molar refractivity (Wildman–Crippen MR) is 127 cm³/mol. The van der Waals surface area contributed by atoms with Crippen LogP contribution in [0.4, 0.5) is 5.69 Å². The van der Waals surface area contributed by atoms with Gasteiger partial charge in [0.25, 0.3) is 5.91 Å². The second-order valence-electron chi connectivity index (χ2n) is 7.40. The summed E-state index contributed by atoms with van der Waals surface area (Å²) in [4.78, 5) is 25.4. The first kappa shape index (κ1) is 20.6. The van der Waals surface area contributed by atoms with E-state index in [1.165, 1.54) is 11.3 Å². The van der Waals surface area contributed by atoms with E-state index in [2.05, 4.69) is 25.1 Å². The zero-order chi connectivity index (χ0) is 22.9. The Balaban J connectivity index is 1.63. The smallest absolute Gasteiger partial charge is 0.269 e. The van der Waals surface area contributed by atoms with E-state index >= 15 is 0 Å². The van der Waals surface area contributed by atoms with Gasteiger partial charge in [0.1, 0.15) is 6.61 Å². The number of nitrogens with one attached hydrogen (secondary N) is 1. The number of ether oxygens (including phenoxy) is 1. The molecule has 10 heteroatoms. The molecule has 0 fully saturated rings. The van der Waals surface area contributed by atoms with Crippen LogP contribution in [-0.4, -0.2) is 31.1 Å². The SMILES string of the molecule is Cc1ccc2[nH]ncc2c1-c1cc(-c2cccc(OCc3cscn3)n2)nc(C(N)=O)c1N. The highest BCUT2D eigenvalue weighted by molar-refractivity contribution is 7.07. The van der Waals surface area contributed by atoms with Crippen molar-refractivity contribution in [2.75, 3.05) is 5.73 Å². The molecule has 1 aromatic carbocycles. The molecule has 0 unspecified atom stereocenters. The monoisotopic (exact) mass is 457 g/mol. The number of pyridine rings is 2. The molecular weight excluding hydrogens is 438 g/mol. The van der Waals surface area contributed by atoms with Gasteiger partial charge in [0.2, 0.25) is 5.88 Å². The number of anilines is 1. The second-order valence-corrected chi connectivity index (χ2v) is 8.12. The maximum Gasteiger partial charge on any atom is 0.269 e. The first-order valence-electron chi connectivity index (χ1n) is 10.0. The van der Waals surface area contributed by atoms with Gasteiger partial charge in [-0.3, -0.25) is 9.89 Å². The number of fused-ring (bicyclic) bond motifs is 1. The molecule has 4 heterocycles. The predicted octanol–water partition coefficient (Wildman–Crippen LogP) is 3.71. The number of thiazole rings is 1. The number of hydrogen-bond donors (Lipinski definition) is 3. The number of aromatic amines is 1. The van der Waals surface area contributed by atoms with Gasteiger partial charge in [-0.1, -0.05) is 12.1 Å². The molecule has 0 saturated heterocycles. The zero-order valence-corrected chi connectivity index (χ0v) is 18.4. The summed E-state index contributed by atoms with van der Waals surface area (Å²) in [6.45, 7) is 2.27. The number of nitrogens with zero attached hydrogens (tertiary/aromatic N) is 4. The van der Waals surface area contributed by atoms with Crippen LogP contribution in [0.25, 0.3) is 33.4 Å². The van der Waals surface area contributed by atoms with Gasteiger partial charge in [-0.15, -0.1) is 11.3 Å². The van der Waals surface area contributed by atoms with Crippen LogP contribution in [-0.2, 0) is 6.61 Å². The Kier molecular flexibility index (Phi) is 5.19. The summed E-state index contributed by atoms with van der Waals surface area (Å²) < 4.78 is 5.77. The lowest BCUT2D eigenvalue weighted by Crippen LogP contribution is -2.17. The van der Waals surface area contributed by atoms with Crippen molar-refractivity contribution in [2.24, 2.45) is 5.73 Å². The van der Waals surface area contributed by atoms with Crippen LogP contribution in [0.5, 0.6) is 5.88 Å². The van der Waals surface area contributed by atoms with Gasteiger partial charge in [-0.2, -0.15) is 5.10 Å². The zero-order valence-electron chi connectivity index (χ0n) is 17.6. The lowest BCUT2D eigenvalue weighted by Gasteiger charge is -2.15. The Hall–Kier alpha value is -4.31. The Morgan fingerprint density at radius 2 is 2.06 bits per heavy atom. The van der Waals surface area contributed by atoms with Crippen molar-refractivity contribution in [1.29, 1.82) is 0 Å². The van der Waals surface area contributed by atoms with Crippen molar-refractivity contribution in [1.82, 2.24) is 25.1 Å². The average Bonchev–Trinajstić information content (AvgIpc) is 3.50. The third-order valence-corrected chi connectivity index (χ3v) is 5.87. The van der Waals surface area contributed by atoms with E-state index in [1.54, 1.807) is 23.8 Å². The number of hydrogen-bond acceptors (Lipinski definition) is 8. The maximum atomic E-state index is 12.2. The lowest BCUT2D eigenvalue weighted by atomic mass is 9.94. The quantitative estimate of drug-likeness (QED) is 0.352. The van der Waals surface area contributed by atoms with Gasteiger partial charge in [-0.05, 0) is 36.2 Å². The van der Waals surface area contributed by atoms with Crippen LogP contribution in [0, 0.1) is 6.92 Å². The van der Waals surface area contributed by atoms with Crippen molar-refractivity contribution < 1.29 is 9.53 Å². The number of nitrogen functional groups attached to an aromatic ring is 1. The van der Waals surface area contributed by atoms with Gasteiger partial charge in [0, 0.05) is 22.4 Å². The summed E-state index contributed by atoms with van der Waals surface area (Å²) in [5.41, 5.74) is 19.0. The number of aromatic nitrogens is 5. The third-order valence-electron chi connectivity index (χ3n) is 5.23. The van der Waals surface area contributed by atoms with Crippen molar-refractivity contribution in [2.45, 2.75) is 13.5 Å². The molecule has 9 nitrogen and oxygen atoms in total. The van der Waals surface area contributed by atoms with Gasteiger partial charge in [-0.25, -0.2) is 15.0 Å². The van der Waals surface area contributed by atoms with E-state index in [-0.39, 0.29) is 11.4 Å². The number of benzene rings is 1. The second kappa shape index (κ2) is 8.32. The molecular formula is C23H19N7O2S. The number of carbonyl (C=O) groups excluding carboxylic acids is 1. The summed E-state index contributed by atoms with van der Waals surface area (Å²) in [5, 5.41) is 9.89. The fourth-order valence-electron chi connectivity index (χ4n) is 3.66. The van der Waals surface area contributed by atoms with E-state index in [0.29, 0.717) is 29.4 Å². The van der Waals surface area contributed by atoms with Crippen LogP contribution in [0.2, 0.25) is 0 Å². The number of nitrogens with two attached hydrogens (primary N) is 2. The van der Waals surface area contributed by atoms with Crippen molar-refractivity contribution >= 4 is 33.8 Å². The standard InChI is InChI=1S/C23H19N7O2S/c1-12-5-6-16-15(8-27-30-16)20(12)14-7-18(29-22(21(14)24)23(25)31)17-3-2-4-19(28-17)32-9-13-10-33-11-26-13/h2-8,10-11H,9,24H2,1H3,(H2,25,31)(H,27,30). The Bertz CT molecular complexity index is 1480. The summed E-state index contributed by atoms with van der Waals surface area (Å²) in [5.74, 6) is -0.307. The Labute approximate surface area is 192 Å². The summed E-state index contributed by atoms with van der Waals surface area (Å²) in [6, 6.07) is 11.1. The first-order valence-corrected chi connectivity index (χ1v) is 11.0. The summed E-state index contributed by atoms with van der Waals surface area (Å²) in [6.07, 6.45) is 1.73. The normalized spacial score (nSPS) is 11.1. The molecule has 0 aliphatic carbocycles. The van der Waals surface area contributed by atoms with Crippen molar-refractivity contribution in [3.05, 3.63) is 70.4 Å². The number of aryl methyl sites for hydroxylation is 1. The molecule has 5 aromatic rings. The minimum absolute atomic E-state index is 0.0157. The molecule has 0 aliphatic heterocycles. The fraction of sp³-hybridized carbons (Fsp3) is 0.0870. The van der Waals surface area contributed by atoms with E-state index in [9.17, 15) is 4.79 Å². The molecule has 0 atom stereocenters. The molecule has 0 radical (unpaired) electrons. The molecule has 0 saturated carbocycles. The molecule has 5 rings (SSSR count). The third kappa shape index (κ3) is 3.87. The Morgan fingerprint density at radius 1 is 1.18 bits per heavy atom. The van der Waals surface area contributed by atoms with Gasteiger partial charge >= 0.3 is 0 Å². The minimum Gasteiger partial charge on any atom is -0.471 e. The molecule has 4 aromatic heterocycles. The molecule has 0 spiro atoms. The molecule has 0 bridgehead atoms. The van der Waals surface area contributed by atoms with Crippen LogP contribution in [0.15, 0.2) is 53.5 Å². The molecule has 1 amide bonds. The number of primary amides is 1. The number of amides is 1. The highest BCUT2D eigenvalue weighted by Crippen LogP contribution is 2.37. The number of H-pyrrole nitrogens is 1. The van der Waals surface area contributed by atoms with E-state index < -0.39 is 5.91 Å². The van der Waals surface area contributed by atoms with Gasteiger partial charge in [0.15, 0.2) is 5.69 Å². The molecule has 5 N–H and O–H groups in total. The highest BCUT2D eigenvalue weighted by Gasteiger charge is 2.20. The first-order chi connectivity index (χ1) is 16.0. The molecule has 164 valence electrons. The fourth-order valence-corrected chi connectivity index (χ4v) is 4.20. The highest BCUT2D eigenvalue weighted by atomic mass is 32.1. The summed E-state index contributed by atoms with van der Waals surface area (Å²) >= 11 is 1.50. The molecule has 0 aliphatic rings. The van der Waals surface area contributed by atoms with E-state index in [0.717, 1.165) is 27.7 Å². The number of rotatable bonds is 6. The van der Waals surface area contributed by atoms with Gasteiger partial charge in [0.05, 0.1) is 40.0 Å². The largest absolute Gasteiger partial charge is 0.471 e. The van der Waals surface area contributed by atoms with Crippen LogP contribution >= 0.6 is 11.3 Å². The average molecular weight is 458 g/mol. The van der Waals surface area contributed by atoms with Crippen molar-refractivity contribution in [3.8, 4) is 28.4 Å². The van der Waals surface area contributed by atoms with Crippen LogP contribution in [0.1, 0.15) is 21.7 Å². The minimum atomic E-state index is -0.719.